The third-order valence-electron chi connectivity index (χ3n) is 6.16. The van der Waals surface area contributed by atoms with Crippen molar-refractivity contribution in [3.05, 3.63) is 100 Å². The van der Waals surface area contributed by atoms with Crippen molar-refractivity contribution in [2.45, 2.75) is 45.3 Å². The van der Waals surface area contributed by atoms with Gasteiger partial charge in [0, 0.05) is 31.1 Å². The molecule has 2 atom stereocenters. The Bertz CT molecular complexity index is 1290. The van der Waals surface area contributed by atoms with Crippen LogP contribution in [0.4, 0.5) is 4.79 Å². The molecule has 0 N–H and O–H groups in total. The first-order chi connectivity index (χ1) is 18.0. The molecule has 8 heteroatoms. The van der Waals surface area contributed by atoms with Crippen molar-refractivity contribution in [2.75, 3.05) is 6.54 Å². The SMILES string of the molecule is Cc1nnc(CCC2CCN(C(C)c3ccc(-c4ccc(C#N)cn4)cc3)C(=O)O2)s1.c1ccccc1. The lowest BCUT2D eigenvalue weighted by Crippen LogP contribution is -2.43. The van der Waals surface area contributed by atoms with Crippen molar-refractivity contribution in [1.29, 1.82) is 5.26 Å². The Morgan fingerprint density at radius 3 is 2.32 bits per heavy atom. The second-order valence-electron chi connectivity index (χ2n) is 8.74. The quantitative estimate of drug-likeness (QED) is 0.299. The minimum atomic E-state index is -0.268. The molecular formula is C29H29N5O2S. The van der Waals surface area contributed by atoms with E-state index in [4.69, 9.17) is 10.00 Å². The normalized spacial score (nSPS) is 15.6. The summed E-state index contributed by atoms with van der Waals surface area (Å²) in [5.74, 6) is 0. The van der Waals surface area contributed by atoms with Crippen LogP contribution in [-0.2, 0) is 11.2 Å². The molecule has 0 spiro atoms. The van der Waals surface area contributed by atoms with Gasteiger partial charge in [-0.1, -0.05) is 60.7 Å². The highest BCUT2D eigenvalue weighted by Crippen LogP contribution is 2.28. The van der Waals surface area contributed by atoms with Crippen molar-refractivity contribution in [1.82, 2.24) is 20.1 Å². The number of ether oxygens (including phenoxy) is 1. The number of rotatable bonds is 6. The highest BCUT2D eigenvalue weighted by Gasteiger charge is 2.31. The molecule has 0 saturated carbocycles. The lowest BCUT2D eigenvalue weighted by Gasteiger charge is -2.35. The van der Waals surface area contributed by atoms with Gasteiger partial charge in [-0.15, -0.1) is 21.5 Å². The van der Waals surface area contributed by atoms with E-state index in [0.717, 1.165) is 46.1 Å². The Hall–Kier alpha value is -4.09. The summed E-state index contributed by atoms with van der Waals surface area (Å²) in [5, 5.41) is 19.0. The van der Waals surface area contributed by atoms with E-state index in [-0.39, 0.29) is 18.2 Å². The molecule has 1 aliphatic rings. The topological polar surface area (TPSA) is 92.0 Å². The molecule has 188 valence electrons. The number of carbonyl (C=O) groups is 1. The number of carbonyl (C=O) groups excluding carboxylic acids is 1. The van der Waals surface area contributed by atoms with Crippen LogP contribution in [0, 0.1) is 18.3 Å². The molecule has 1 aliphatic heterocycles. The lowest BCUT2D eigenvalue weighted by atomic mass is 10.0. The largest absolute Gasteiger partial charge is 0.446 e. The fourth-order valence-electron chi connectivity index (χ4n) is 4.05. The van der Waals surface area contributed by atoms with Crippen molar-refractivity contribution in [2.24, 2.45) is 0 Å². The van der Waals surface area contributed by atoms with Gasteiger partial charge in [0.2, 0.25) is 0 Å². The van der Waals surface area contributed by atoms with Crippen LogP contribution in [-0.4, -0.2) is 38.8 Å². The number of benzene rings is 2. The van der Waals surface area contributed by atoms with E-state index >= 15 is 0 Å². The molecule has 0 aliphatic carbocycles. The number of aryl methyl sites for hydroxylation is 2. The first kappa shape index (κ1) is 26.0. The van der Waals surface area contributed by atoms with Gasteiger partial charge in [-0.2, -0.15) is 5.26 Å². The molecule has 4 aromatic rings. The molecule has 1 amide bonds. The van der Waals surface area contributed by atoms with Crippen LogP contribution in [0.5, 0.6) is 0 Å². The minimum Gasteiger partial charge on any atom is -0.446 e. The number of nitriles is 1. The average Bonchev–Trinajstić information content (AvgIpc) is 3.38. The summed E-state index contributed by atoms with van der Waals surface area (Å²) < 4.78 is 5.69. The van der Waals surface area contributed by atoms with Crippen molar-refractivity contribution in [3.63, 3.8) is 0 Å². The third kappa shape index (κ3) is 7.21. The molecular weight excluding hydrogens is 482 g/mol. The van der Waals surface area contributed by atoms with Crippen LogP contribution < -0.4 is 0 Å². The van der Waals surface area contributed by atoms with Gasteiger partial charge in [-0.05, 0) is 38.0 Å². The number of hydrogen-bond donors (Lipinski definition) is 0. The Morgan fingerprint density at radius 2 is 1.78 bits per heavy atom. The van der Waals surface area contributed by atoms with Crippen LogP contribution in [0.15, 0.2) is 79.0 Å². The molecule has 37 heavy (non-hydrogen) atoms. The van der Waals surface area contributed by atoms with Crippen LogP contribution in [0.3, 0.4) is 0 Å². The van der Waals surface area contributed by atoms with Crippen LogP contribution in [0.25, 0.3) is 11.3 Å². The fraction of sp³-hybridized carbons (Fsp3) is 0.276. The van der Waals surface area contributed by atoms with E-state index < -0.39 is 0 Å². The maximum Gasteiger partial charge on any atom is 0.410 e. The van der Waals surface area contributed by atoms with Crippen LogP contribution in [0.2, 0.25) is 0 Å². The van der Waals surface area contributed by atoms with Gasteiger partial charge in [0.1, 0.15) is 22.2 Å². The molecule has 1 fully saturated rings. The predicted molar refractivity (Wildman–Crippen MR) is 144 cm³/mol. The smallest absolute Gasteiger partial charge is 0.410 e. The number of aromatic nitrogens is 3. The van der Waals surface area contributed by atoms with Gasteiger partial charge >= 0.3 is 6.09 Å². The van der Waals surface area contributed by atoms with E-state index in [9.17, 15) is 4.79 Å². The van der Waals surface area contributed by atoms with Gasteiger partial charge in [0.25, 0.3) is 0 Å². The Morgan fingerprint density at radius 1 is 1.08 bits per heavy atom. The Balaban J connectivity index is 0.000000469. The van der Waals surface area contributed by atoms with Crippen LogP contribution in [0.1, 0.15) is 46.9 Å². The maximum absolute atomic E-state index is 12.6. The van der Waals surface area contributed by atoms with E-state index in [1.54, 1.807) is 28.5 Å². The number of amides is 1. The zero-order chi connectivity index (χ0) is 26.0. The van der Waals surface area contributed by atoms with Gasteiger partial charge in [-0.25, -0.2) is 4.79 Å². The zero-order valence-corrected chi connectivity index (χ0v) is 21.8. The molecule has 2 aromatic carbocycles. The van der Waals surface area contributed by atoms with Crippen molar-refractivity contribution < 1.29 is 9.53 Å². The minimum absolute atomic E-state index is 0.0787. The van der Waals surface area contributed by atoms with Crippen molar-refractivity contribution in [3.8, 4) is 17.3 Å². The lowest BCUT2D eigenvalue weighted by molar-refractivity contribution is 0.0101. The van der Waals surface area contributed by atoms with E-state index in [0.29, 0.717) is 12.1 Å². The van der Waals surface area contributed by atoms with Gasteiger partial charge < -0.3 is 9.64 Å². The molecule has 3 heterocycles. The van der Waals surface area contributed by atoms with E-state index in [1.165, 1.54) is 0 Å². The molecule has 5 rings (SSSR count). The second-order valence-corrected chi connectivity index (χ2v) is 10.0. The third-order valence-corrected chi connectivity index (χ3v) is 7.06. The molecule has 0 radical (unpaired) electrons. The number of hydrogen-bond acceptors (Lipinski definition) is 7. The highest BCUT2D eigenvalue weighted by atomic mass is 32.1. The molecule has 2 aromatic heterocycles. The standard InChI is InChI=1S/C23H23N5O2S.C6H6/c1-15(18-4-6-19(7-5-18)21-9-3-17(13-24)14-25-21)28-12-11-20(30-23(28)29)8-10-22-27-26-16(2)31-22;1-2-4-6-5-3-1/h3-7,9,14-15,20H,8,10-12H2,1-2H3;1-6H. The number of nitrogens with zero attached hydrogens (tertiary/aromatic N) is 5. The summed E-state index contributed by atoms with van der Waals surface area (Å²) in [7, 11) is 0. The van der Waals surface area contributed by atoms with E-state index in [2.05, 4.69) is 21.3 Å². The first-order valence-electron chi connectivity index (χ1n) is 12.3. The predicted octanol–water partition coefficient (Wildman–Crippen LogP) is 6.37. The van der Waals surface area contributed by atoms with Gasteiger partial charge in [0.15, 0.2) is 0 Å². The molecule has 2 unspecified atom stereocenters. The Labute approximate surface area is 221 Å². The van der Waals surface area contributed by atoms with E-state index in [1.807, 2.05) is 80.6 Å². The fourth-order valence-corrected chi connectivity index (χ4v) is 4.77. The monoisotopic (exact) mass is 511 g/mol. The van der Waals surface area contributed by atoms with Crippen molar-refractivity contribution >= 4 is 17.4 Å². The molecule has 0 bridgehead atoms. The Kier molecular flexibility index (Phi) is 8.95. The maximum atomic E-state index is 12.6. The molecule has 1 saturated heterocycles. The number of cyclic esters (lactones) is 1. The summed E-state index contributed by atoms with van der Waals surface area (Å²) in [6.45, 7) is 4.62. The summed E-state index contributed by atoms with van der Waals surface area (Å²) in [4.78, 5) is 18.7. The summed E-state index contributed by atoms with van der Waals surface area (Å²) >= 11 is 1.59. The first-order valence-corrected chi connectivity index (χ1v) is 13.1. The second kappa shape index (κ2) is 12.7. The summed E-state index contributed by atoms with van der Waals surface area (Å²) in [5.41, 5.74) is 3.35. The van der Waals surface area contributed by atoms with Gasteiger partial charge in [-0.3, -0.25) is 4.98 Å². The average molecular weight is 512 g/mol. The zero-order valence-electron chi connectivity index (χ0n) is 20.9. The summed E-state index contributed by atoms with van der Waals surface area (Å²) in [6.07, 6.45) is 3.58. The van der Waals surface area contributed by atoms with Gasteiger partial charge in [0.05, 0.1) is 17.3 Å². The summed E-state index contributed by atoms with van der Waals surface area (Å²) in [6, 6.07) is 25.6. The highest BCUT2D eigenvalue weighted by molar-refractivity contribution is 7.11. The van der Waals surface area contributed by atoms with Crippen LogP contribution >= 0.6 is 11.3 Å². The molecule has 7 nitrogen and oxygen atoms in total. The number of pyridine rings is 1.